The lowest BCUT2D eigenvalue weighted by Gasteiger charge is -2.40. The van der Waals surface area contributed by atoms with Crippen molar-refractivity contribution in [1.82, 2.24) is 14.7 Å². The Bertz CT molecular complexity index is 365. The Morgan fingerprint density at radius 1 is 1.05 bits per heavy atom. The van der Waals surface area contributed by atoms with Crippen LogP contribution in [-0.4, -0.2) is 77.1 Å². The first-order valence-corrected chi connectivity index (χ1v) is 7.49. The maximum absolute atomic E-state index is 12.4. The van der Waals surface area contributed by atoms with Gasteiger partial charge in [0.15, 0.2) is 0 Å². The molecule has 2 aliphatic heterocycles. The third kappa shape index (κ3) is 3.42. The molecule has 0 aromatic heterocycles. The Balaban J connectivity index is 1.87. The monoisotopic (exact) mass is 283 g/mol. The van der Waals surface area contributed by atoms with Gasteiger partial charge in [0.2, 0.25) is 0 Å². The average molecular weight is 283 g/mol. The smallest absolute Gasteiger partial charge is 0.320 e. The van der Waals surface area contributed by atoms with Crippen LogP contribution in [0.15, 0.2) is 0 Å². The summed E-state index contributed by atoms with van der Waals surface area (Å²) in [5.41, 5.74) is 0. The fourth-order valence-corrected chi connectivity index (χ4v) is 2.98. The van der Waals surface area contributed by atoms with Gasteiger partial charge in [0.05, 0.1) is 5.92 Å². The largest absolute Gasteiger partial charge is 0.481 e. The summed E-state index contributed by atoms with van der Waals surface area (Å²) < 4.78 is 0. The summed E-state index contributed by atoms with van der Waals surface area (Å²) in [6.07, 6.45) is 1.47. The van der Waals surface area contributed by atoms with Crippen LogP contribution in [0.2, 0.25) is 0 Å². The van der Waals surface area contributed by atoms with Crippen LogP contribution < -0.4 is 0 Å². The van der Waals surface area contributed by atoms with E-state index in [1.54, 1.807) is 4.90 Å². The number of piperazine rings is 1. The Hall–Kier alpha value is -1.30. The fraction of sp³-hybridized carbons (Fsp3) is 0.857. The van der Waals surface area contributed by atoms with Gasteiger partial charge in [0.25, 0.3) is 0 Å². The molecule has 6 nitrogen and oxygen atoms in total. The lowest BCUT2D eigenvalue weighted by Crippen LogP contribution is -2.55. The number of urea groups is 1. The minimum absolute atomic E-state index is 0.0133. The number of carbonyl (C=O) groups is 2. The average Bonchev–Trinajstić information content (AvgIpc) is 2.46. The van der Waals surface area contributed by atoms with Gasteiger partial charge in [-0.3, -0.25) is 9.69 Å². The molecule has 20 heavy (non-hydrogen) atoms. The third-order valence-electron chi connectivity index (χ3n) is 4.36. The number of amides is 2. The summed E-state index contributed by atoms with van der Waals surface area (Å²) in [6.45, 7) is 8.67. The molecule has 0 spiro atoms. The standard InChI is InChI=1S/C14H25N3O3/c1-11(2)15-6-8-16(9-7-15)14(20)17-5-3-4-12(10-17)13(18)19/h11-12H,3-10H2,1-2H3,(H,18,19)/t12-/m0/s1. The van der Waals surface area contributed by atoms with Crippen LogP contribution >= 0.6 is 0 Å². The van der Waals surface area contributed by atoms with Crippen LogP contribution in [-0.2, 0) is 4.79 Å². The summed E-state index contributed by atoms with van der Waals surface area (Å²) in [6, 6.07) is 0.526. The zero-order valence-electron chi connectivity index (χ0n) is 12.4. The Labute approximate surface area is 120 Å². The molecule has 0 aliphatic carbocycles. The highest BCUT2D eigenvalue weighted by molar-refractivity contribution is 5.76. The molecular weight excluding hydrogens is 258 g/mol. The number of nitrogens with zero attached hydrogens (tertiary/aromatic N) is 3. The molecule has 0 saturated carbocycles. The third-order valence-corrected chi connectivity index (χ3v) is 4.36. The molecular formula is C14H25N3O3. The van der Waals surface area contributed by atoms with E-state index in [4.69, 9.17) is 5.11 Å². The van der Waals surface area contributed by atoms with Gasteiger partial charge >= 0.3 is 12.0 Å². The number of carboxylic acid groups (broad SMARTS) is 1. The van der Waals surface area contributed by atoms with E-state index < -0.39 is 11.9 Å². The van der Waals surface area contributed by atoms with E-state index in [1.165, 1.54) is 0 Å². The van der Waals surface area contributed by atoms with Crippen LogP contribution in [0.5, 0.6) is 0 Å². The van der Waals surface area contributed by atoms with Gasteiger partial charge in [-0.2, -0.15) is 0 Å². The molecule has 2 fully saturated rings. The minimum Gasteiger partial charge on any atom is -0.481 e. The normalized spacial score (nSPS) is 25.1. The molecule has 2 amide bonds. The zero-order valence-corrected chi connectivity index (χ0v) is 12.4. The van der Waals surface area contributed by atoms with Gasteiger partial charge in [0, 0.05) is 45.3 Å². The molecule has 0 unspecified atom stereocenters. The number of hydrogen-bond donors (Lipinski definition) is 1. The van der Waals surface area contributed by atoms with E-state index >= 15 is 0 Å². The molecule has 114 valence electrons. The first-order valence-electron chi connectivity index (χ1n) is 7.49. The summed E-state index contributed by atoms with van der Waals surface area (Å²) in [7, 11) is 0. The molecule has 0 bridgehead atoms. The van der Waals surface area contributed by atoms with Crippen molar-refractivity contribution >= 4 is 12.0 Å². The van der Waals surface area contributed by atoms with Gasteiger partial charge in [-0.1, -0.05) is 0 Å². The van der Waals surface area contributed by atoms with Crippen LogP contribution in [0.25, 0.3) is 0 Å². The number of likely N-dealkylation sites (tertiary alicyclic amines) is 1. The van der Waals surface area contributed by atoms with Gasteiger partial charge in [0.1, 0.15) is 0 Å². The van der Waals surface area contributed by atoms with E-state index in [2.05, 4.69) is 18.7 Å². The number of carbonyl (C=O) groups excluding carboxylic acids is 1. The molecule has 0 radical (unpaired) electrons. The van der Waals surface area contributed by atoms with Crippen LogP contribution in [0, 0.1) is 5.92 Å². The van der Waals surface area contributed by atoms with Crippen molar-refractivity contribution in [2.24, 2.45) is 5.92 Å². The number of hydrogen-bond acceptors (Lipinski definition) is 3. The Kier molecular flexibility index (Phi) is 4.86. The molecule has 2 saturated heterocycles. The van der Waals surface area contributed by atoms with Gasteiger partial charge < -0.3 is 14.9 Å². The Morgan fingerprint density at radius 3 is 2.25 bits per heavy atom. The highest BCUT2D eigenvalue weighted by Gasteiger charge is 2.31. The summed E-state index contributed by atoms with van der Waals surface area (Å²) >= 11 is 0. The second-order valence-electron chi connectivity index (χ2n) is 6.02. The van der Waals surface area contributed by atoms with Crippen molar-refractivity contribution in [1.29, 1.82) is 0 Å². The van der Waals surface area contributed by atoms with Crippen molar-refractivity contribution in [3.05, 3.63) is 0 Å². The molecule has 2 heterocycles. The first-order chi connectivity index (χ1) is 9.49. The SMILES string of the molecule is CC(C)N1CCN(C(=O)N2CCC[C@H](C(=O)O)C2)CC1. The number of carboxylic acids is 1. The fourth-order valence-electron chi connectivity index (χ4n) is 2.98. The van der Waals surface area contributed by atoms with E-state index in [1.807, 2.05) is 4.90 Å². The number of piperidine rings is 1. The van der Waals surface area contributed by atoms with E-state index in [0.717, 1.165) is 32.6 Å². The molecule has 2 rings (SSSR count). The van der Waals surface area contributed by atoms with E-state index in [-0.39, 0.29) is 6.03 Å². The highest BCUT2D eigenvalue weighted by atomic mass is 16.4. The molecule has 0 aromatic carbocycles. The van der Waals surface area contributed by atoms with Crippen LogP contribution in [0.1, 0.15) is 26.7 Å². The van der Waals surface area contributed by atoms with Crippen molar-refractivity contribution < 1.29 is 14.7 Å². The summed E-state index contributed by atoms with van der Waals surface area (Å²) in [5.74, 6) is -1.18. The highest BCUT2D eigenvalue weighted by Crippen LogP contribution is 2.18. The summed E-state index contributed by atoms with van der Waals surface area (Å²) in [4.78, 5) is 29.4. The van der Waals surface area contributed by atoms with Crippen molar-refractivity contribution in [3.8, 4) is 0 Å². The lowest BCUT2D eigenvalue weighted by molar-refractivity contribution is -0.143. The lowest BCUT2D eigenvalue weighted by atomic mass is 9.98. The maximum atomic E-state index is 12.4. The van der Waals surface area contributed by atoms with Gasteiger partial charge in [-0.25, -0.2) is 4.79 Å². The maximum Gasteiger partial charge on any atom is 0.320 e. The van der Waals surface area contributed by atoms with E-state index in [9.17, 15) is 9.59 Å². The second-order valence-corrected chi connectivity index (χ2v) is 6.02. The molecule has 2 aliphatic rings. The molecule has 0 aromatic rings. The Morgan fingerprint density at radius 2 is 1.70 bits per heavy atom. The predicted molar refractivity (Wildman–Crippen MR) is 75.6 cm³/mol. The van der Waals surface area contributed by atoms with Crippen molar-refractivity contribution in [3.63, 3.8) is 0 Å². The first kappa shape index (κ1) is 15.1. The van der Waals surface area contributed by atoms with Gasteiger partial charge in [-0.15, -0.1) is 0 Å². The number of aliphatic carboxylic acids is 1. The molecule has 1 atom stereocenters. The van der Waals surface area contributed by atoms with Crippen LogP contribution in [0.4, 0.5) is 4.79 Å². The van der Waals surface area contributed by atoms with E-state index in [0.29, 0.717) is 25.6 Å². The molecule has 1 N–H and O–H groups in total. The zero-order chi connectivity index (χ0) is 14.7. The van der Waals surface area contributed by atoms with Gasteiger partial charge in [-0.05, 0) is 26.7 Å². The molecule has 6 heteroatoms. The predicted octanol–water partition coefficient (Wildman–Crippen LogP) is 0.929. The van der Waals surface area contributed by atoms with Crippen LogP contribution in [0.3, 0.4) is 0 Å². The minimum atomic E-state index is -0.785. The summed E-state index contributed by atoms with van der Waals surface area (Å²) in [5, 5.41) is 9.09. The topological polar surface area (TPSA) is 64.1 Å². The quantitative estimate of drug-likeness (QED) is 0.819. The van der Waals surface area contributed by atoms with Crippen molar-refractivity contribution in [2.45, 2.75) is 32.7 Å². The van der Waals surface area contributed by atoms with Crippen molar-refractivity contribution in [2.75, 3.05) is 39.3 Å². The number of rotatable bonds is 2. The second kappa shape index (κ2) is 6.43.